The Labute approximate surface area is 126 Å². The molecule has 0 aromatic heterocycles. The third-order valence-electron chi connectivity index (χ3n) is 2.83. The summed E-state index contributed by atoms with van der Waals surface area (Å²) in [5, 5.41) is 0. The third-order valence-corrected chi connectivity index (χ3v) is 3.75. The molecule has 2 rings (SSSR count). The molecule has 92 valence electrons. The van der Waals surface area contributed by atoms with Gasteiger partial charge in [0, 0.05) is 8.95 Å². The second kappa shape index (κ2) is 6.03. The van der Waals surface area contributed by atoms with E-state index < -0.39 is 0 Å². The normalized spacial score (nSPS) is 10.7. The molecular formula is C16H14Br2. The number of benzene rings is 2. The van der Waals surface area contributed by atoms with Gasteiger partial charge in [-0.05, 0) is 71.5 Å². The van der Waals surface area contributed by atoms with Crippen LogP contribution in [-0.2, 0) is 12.8 Å². The predicted octanol–water partition coefficient (Wildman–Crippen LogP) is 5.60. The molecule has 0 amide bonds. The summed E-state index contributed by atoms with van der Waals surface area (Å²) in [7, 11) is 0. The number of aryl methyl sites for hydroxylation is 2. The summed E-state index contributed by atoms with van der Waals surface area (Å²) in [6.45, 7) is 4.29. The lowest BCUT2D eigenvalue weighted by atomic mass is 10.00. The fourth-order valence-electron chi connectivity index (χ4n) is 1.85. The van der Waals surface area contributed by atoms with E-state index in [-0.39, 0.29) is 0 Å². The summed E-state index contributed by atoms with van der Waals surface area (Å²) in [5.41, 5.74) is 4.62. The first-order valence-corrected chi connectivity index (χ1v) is 7.64. The molecule has 0 heterocycles. The average Bonchev–Trinajstić information content (AvgIpc) is 2.37. The van der Waals surface area contributed by atoms with Crippen molar-refractivity contribution in [3.8, 4) is 11.1 Å². The van der Waals surface area contributed by atoms with Gasteiger partial charge in [0.1, 0.15) is 0 Å². The van der Waals surface area contributed by atoms with Gasteiger partial charge < -0.3 is 0 Å². The van der Waals surface area contributed by atoms with Crippen LogP contribution in [0.2, 0.25) is 0 Å². The van der Waals surface area contributed by atoms with Gasteiger partial charge >= 0.3 is 0 Å². The quantitative estimate of drug-likeness (QED) is 0.663. The molecule has 2 aromatic rings. The number of rotatable bonds is 3. The van der Waals surface area contributed by atoms with E-state index in [2.05, 4.69) is 82.1 Å². The fraction of sp³-hybridized carbons (Fsp3) is 0.250. The average molecular weight is 366 g/mol. The maximum atomic E-state index is 3.56. The Morgan fingerprint density at radius 1 is 0.778 bits per heavy atom. The Bertz CT molecular complexity index is 508. The summed E-state index contributed by atoms with van der Waals surface area (Å²) in [5.74, 6) is 0. The summed E-state index contributed by atoms with van der Waals surface area (Å²) >= 11 is 7.12. The molecule has 0 nitrogen and oxygen atoms in total. The van der Waals surface area contributed by atoms with Gasteiger partial charge in [-0.25, -0.2) is 0 Å². The molecule has 0 saturated carbocycles. The van der Waals surface area contributed by atoms with Crippen LogP contribution in [-0.4, -0.2) is 0 Å². The lowest BCUT2D eigenvalue weighted by Gasteiger charge is -2.07. The van der Waals surface area contributed by atoms with E-state index in [0.717, 1.165) is 32.9 Å². The molecule has 0 fully saturated rings. The van der Waals surface area contributed by atoms with Gasteiger partial charge in [-0.2, -0.15) is 0 Å². The molecule has 0 aliphatic heterocycles. The second-order valence-electron chi connectivity index (χ2n) is 4.18. The summed E-state index contributed by atoms with van der Waals surface area (Å²) in [6.07, 6.45) is 1.97. The Morgan fingerprint density at radius 3 is 1.50 bits per heavy atom. The van der Waals surface area contributed by atoms with Crippen LogP contribution >= 0.6 is 31.9 Å². The van der Waals surface area contributed by atoms with Crippen molar-refractivity contribution < 1.29 is 0 Å². The van der Waals surface area contributed by atoms with Gasteiger partial charge in [0.25, 0.3) is 0 Å². The van der Waals surface area contributed by atoms with E-state index in [4.69, 9.17) is 0 Å². The number of hydrogen-bond acceptors (Lipinski definition) is 0. The van der Waals surface area contributed by atoms with Crippen molar-refractivity contribution >= 4 is 31.9 Å². The molecule has 0 unspecified atom stereocenters. The summed E-state index contributed by atoms with van der Waals surface area (Å²) in [6, 6.07) is 15.3. The third kappa shape index (κ3) is 3.24. The molecule has 18 heavy (non-hydrogen) atoms. The zero-order valence-corrected chi connectivity index (χ0v) is 13.7. The molecule has 0 N–H and O–H groups in total. The highest BCUT2D eigenvalue weighted by atomic mass is 79.9. The van der Waals surface area contributed by atoms with E-state index in [0.29, 0.717) is 0 Å². The Hall–Kier alpha value is -0.600. The van der Waals surface area contributed by atoms with Crippen LogP contribution < -0.4 is 0 Å². The molecular weight excluding hydrogens is 352 g/mol. The predicted molar refractivity (Wildman–Crippen MR) is 83.7 cm³/mol. The van der Waals surface area contributed by atoms with Gasteiger partial charge in [-0.15, -0.1) is 0 Å². The van der Waals surface area contributed by atoms with Crippen molar-refractivity contribution in [1.82, 2.24) is 0 Å². The van der Waals surface area contributed by atoms with Crippen molar-refractivity contribution in [2.45, 2.75) is 26.7 Å². The monoisotopic (exact) mass is 364 g/mol. The van der Waals surface area contributed by atoms with Gasteiger partial charge in [-0.3, -0.25) is 0 Å². The Balaban J connectivity index is 2.53. The molecule has 0 aliphatic rings. The topological polar surface area (TPSA) is 0 Å². The first kappa shape index (κ1) is 13.8. The lowest BCUT2D eigenvalue weighted by Crippen LogP contribution is -1.88. The molecule has 0 atom stereocenters. The minimum absolute atomic E-state index is 0.987. The highest BCUT2D eigenvalue weighted by Gasteiger charge is 2.05. The molecule has 0 spiro atoms. The van der Waals surface area contributed by atoms with Crippen molar-refractivity contribution in [1.29, 1.82) is 0 Å². The zero-order chi connectivity index (χ0) is 13.1. The van der Waals surface area contributed by atoms with Gasteiger partial charge in [0.2, 0.25) is 0 Å². The van der Waals surface area contributed by atoms with Gasteiger partial charge in [-0.1, -0.05) is 45.7 Å². The molecule has 2 radical (unpaired) electrons. The SMILES string of the molecule is CCc1[c]c(-c2[c]c(CC)cc(Br)c2)cc(Br)c1. The van der Waals surface area contributed by atoms with Crippen molar-refractivity contribution in [3.63, 3.8) is 0 Å². The fourth-order valence-corrected chi connectivity index (χ4v) is 2.86. The van der Waals surface area contributed by atoms with Crippen LogP contribution in [0.15, 0.2) is 33.2 Å². The van der Waals surface area contributed by atoms with Gasteiger partial charge in [0.15, 0.2) is 0 Å². The smallest absolute Gasteiger partial charge is 0.0184 e. The van der Waals surface area contributed by atoms with Crippen LogP contribution in [0.25, 0.3) is 11.1 Å². The van der Waals surface area contributed by atoms with E-state index in [9.17, 15) is 0 Å². The first-order chi connectivity index (χ1) is 8.62. The van der Waals surface area contributed by atoms with Crippen LogP contribution in [0.3, 0.4) is 0 Å². The molecule has 2 aromatic carbocycles. The maximum Gasteiger partial charge on any atom is 0.0184 e. The second-order valence-corrected chi connectivity index (χ2v) is 6.01. The largest absolute Gasteiger partial charge is 0.0613 e. The standard InChI is InChI=1S/C16H14Br2/c1-3-11-5-13(9-15(17)7-11)14-6-12(4-2)8-16(18)10-14/h7-10H,3-4H2,1-2H3. The van der Waals surface area contributed by atoms with E-state index in [1.807, 2.05) is 0 Å². The van der Waals surface area contributed by atoms with E-state index in [1.54, 1.807) is 0 Å². The maximum absolute atomic E-state index is 3.56. The van der Waals surface area contributed by atoms with Crippen LogP contribution in [0.5, 0.6) is 0 Å². The van der Waals surface area contributed by atoms with E-state index >= 15 is 0 Å². The number of hydrogen-bond donors (Lipinski definition) is 0. The lowest BCUT2D eigenvalue weighted by molar-refractivity contribution is 1.13. The molecule has 0 bridgehead atoms. The van der Waals surface area contributed by atoms with Crippen LogP contribution in [0.4, 0.5) is 0 Å². The zero-order valence-electron chi connectivity index (χ0n) is 10.5. The summed E-state index contributed by atoms with van der Waals surface area (Å²) in [4.78, 5) is 0. The van der Waals surface area contributed by atoms with Gasteiger partial charge in [0.05, 0.1) is 0 Å². The molecule has 0 saturated heterocycles. The van der Waals surface area contributed by atoms with Crippen molar-refractivity contribution in [2.75, 3.05) is 0 Å². The minimum atomic E-state index is 0.987. The van der Waals surface area contributed by atoms with E-state index in [1.165, 1.54) is 11.1 Å². The van der Waals surface area contributed by atoms with Crippen molar-refractivity contribution in [2.24, 2.45) is 0 Å². The highest BCUT2D eigenvalue weighted by Crippen LogP contribution is 2.28. The first-order valence-electron chi connectivity index (χ1n) is 6.06. The van der Waals surface area contributed by atoms with Crippen LogP contribution in [0.1, 0.15) is 25.0 Å². The molecule has 0 aliphatic carbocycles. The Kier molecular flexibility index (Phi) is 4.63. The molecule has 2 heteroatoms. The minimum Gasteiger partial charge on any atom is -0.0613 e. The highest BCUT2D eigenvalue weighted by molar-refractivity contribution is 9.10. The number of halogens is 2. The Morgan fingerprint density at radius 2 is 1.17 bits per heavy atom. The van der Waals surface area contributed by atoms with Crippen molar-refractivity contribution in [3.05, 3.63) is 56.5 Å². The van der Waals surface area contributed by atoms with Crippen LogP contribution in [0, 0.1) is 12.1 Å². The summed E-state index contributed by atoms with van der Waals surface area (Å²) < 4.78 is 2.19.